The summed E-state index contributed by atoms with van der Waals surface area (Å²) in [5.41, 5.74) is 2.27. The number of ether oxygens (including phenoxy) is 1. The molecule has 0 unspecified atom stereocenters. The van der Waals surface area contributed by atoms with Crippen LogP contribution >= 0.6 is 0 Å². The van der Waals surface area contributed by atoms with E-state index in [9.17, 15) is 9.90 Å². The molecule has 0 atom stereocenters. The van der Waals surface area contributed by atoms with Crippen molar-refractivity contribution in [1.82, 2.24) is 4.57 Å². The standard InChI is InChI=1S/C24H27NO4/c1-6-8-15-13-18(26)28-23-19(15)22-16(10-11-24(4,5)29-22)21(27)20(23)17-9-7-12-25(17)14(2)3/h7,9-14,27H,6,8H2,1-5H3. The van der Waals surface area contributed by atoms with Gasteiger partial charge in [0, 0.05) is 18.3 Å². The third-order valence-electron chi connectivity index (χ3n) is 5.36. The zero-order valence-electron chi connectivity index (χ0n) is 17.6. The highest BCUT2D eigenvalue weighted by atomic mass is 16.5. The molecule has 29 heavy (non-hydrogen) atoms. The molecule has 5 heteroatoms. The molecule has 0 radical (unpaired) electrons. The fourth-order valence-electron chi connectivity index (χ4n) is 4.05. The van der Waals surface area contributed by atoms with E-state index in [4.69, 9.17) is 9.15 Å². The van der Waals surface area contributed by atoms with Gasteiger partial charge in [-0.05, 0) is 64.0 Å². The molecular weight excluding hydrogens is 366 g/mol. The number of aryl methyl sites for hydroxylation is 1. The molecule has 0 bridgehead atoms. The summed E-state index contributed by atoms with van der Waals surface area (Å²) in [6.45, 7) is 10.1. The number of phenols is 1. The van der Waals surface area contributed by atoms with Crippen molar-refractivity contribution in [3.63, 3.8) is 0 Å². The molecule has 0 aliphatic carbocycles. The third-order valence-corrected chi connectivity index (χ3v) is 5.36. The fraction of sp³-hybridized carbons (Fsp3) is 0.375. The number of rotatable bonds is 4. The van der Waals surface area contributed by atoms with Crippen LogP contribution in [0.25, 0.3) is 28.3 Å². The summed E-state index contributed by atoms with van der Waals surface area (Å²) in [6.07, 6.45) is 7.40. The van der Waals surface area contributed by atoms with Crippen LogP contribution in [0.4, 0.5) is 0 Å². The highest BCUT2D eigenvalue weighted by Crippen LogP contribution is 2.49. The normalized spacial score (nSPS) is 15.0. The van der Waals surface area contributed by atoms with Crippen molar-refractivity contribution in [3.05, 3.63) is 52.0 Å². The Kier molecular flexibility index (Phi) is 4.56. The number of benzene rings is 1. The molecule has 4 rings (SSSR count). The minimum absolute atomic E-state index is 0.0663. The molecule has 0 saturated heterocycles. The van der Waals surface area contributed by atoms with Crippen molar-refractivity contribution in [2.75, 3.05) is 0 Å². The van der Waals surface area contributed by atoms with Crippen LogP contribution in [-0.2, 0) is 6.42 Å². The molecule has 3 heterocycles. The molecule has 0 spiro atoms. The molecule has 0 fully saturated rings. The second-order valence-electron chi connectivity index (χ2n) is 8.44. The minimum Gasteiger partial charge on any atom is -0.506 e. The monoisotopic (exact) mass is 393 g/mol. The van der Waals surface area contributed by atoms with Crippen LogP contribution in [0.15, 0.2) is 39.7 Å². The number of aromatic hydroxyl groups is 1. The van der Waals surface area contributed by atoms with Gasteiger partial charge in [0.15, 0.2) is 5.58 Å². The molecule has 1 aromatic carbocycles. The lowest BCUT2D eigenvalue weighted by atomic mass is 9.92. The lowest BCUT2D eigenvalue weighted by molar-refractivity contribution is 0.160. The Bertz CT molecular complexity index is 1180. The highest BCUT2D eigenvalue weighted by Gasteiger charge is 2.31. The van der Waals surface area contributed by atoms with Gasteiger partial charge in [-0.1, -0.05) is 13.3 Å². The Morgan fingerprint density at radius 1 is 1.28 bits per heavy atom. The van der Waals surface area contributed by atoms with E-state index in [1.165, 1.54) is 0 Å². The first kappa shape index (κ1) is 19.4. The minimum atomic E-state index is -0.522. The van der Waals surface area contributed by atoms with Crippen LogP contribution in [0.3, 0.4) is 0 Å². The van der Waals surface area contributed by atoms with Crippen molar-refractivity contribution < 1.29 is 14.3 Å². The van der Waals surface area contributed by atoms with Gasteiger partial charge in [0.25, 0.3) is 0 Å². The Labute approximate surface area is 170 Å². The Morgan fingerprint density at radius 3 is 2.72 bits per heavy atom. The van der Waals surface area contributed by atoms with Crippen molar-refractivity contribution in [2.45, 2.75) is 59.1 Å². The molecule has 0 saturated carbocycles. The van der Waals surface area contributed by atoms with E-state index in [0.717, 1.165) is 29.5 Å². The van der Waals surface area contributed by atoms with Gasteiger partial charge in [0.2, 0.25) is 0 Å². The molecule has 2 aromatic heterocycles. The summed E-state index contributed by atoms with van der Waals surface area (Å²) in [4.78, 5) is 12.4. The number of nitrogens with zero attached hydrogens (tertiary/aromatic N) is 1. The summed E-state index contributed by atoms with van der Waals surface area (Å²) < 4.78 is 14.1. The van der Waals surface area contributed by atoms with E-state index in [1.54, 1.807) is 6.07 Å². The first-order valence-electron chi connectivity index (χ1n) is 10.1. The predicted octanol–water partition coefficient (Wildman–Crippen LogP) is 5.68. The highest BCUT2D eigenvalue weighted by molar-refractivity contribution is 6.04. The molecule has 152 valence electrons. The van der Waals surface area contributed by atoms with Crippen molar-refractivity contribution in [2.24, 2.45) is 0 Å². The average molecular weight is 393 g/mol. The van der Waals surface area contributed by atoms with Gasteiger partial charge in [0.1, 0.15) is 17.1 Å². The maximum Gasteiger partial charge on any atom is 0.336 e. The molecule has 1 N–H and O–H groups in total. The molecular formula is C24H27NO4. The first-order valence-corrected chi connectivity index (χ1v) is 10.1. The second kappa shape index (κ2) is 6.83. The van der Waals surface area contributed by atoms with Crippen LogP contribution < -0.4 is 10.4 Å². The first-order chi connectivity index (χ1) is 13.7. The number of phenolic OH excluding ortho intramolecular Hbond substituents is 1. The van der Waals surface area contributed by atoms with Gasteiger partial charge in [-0.2, -0.15) is 0 Å². The topological polar surface area (TPSA) is 64.6 Å². The van der Waals surface area contributed by atoms with Gasteiger partial charge in [-0.25, -0.2) is 4.79 Å². The molecule has 5 nitrogen and oxygen atoms in total. The maximum atomic E-state index is 12.4. The van der Waals surface area contributed by atoms with E-state index in [1.807, 2.05) is 44.3 Å². The molecule has 0 amide bonds. The van der Waals surface area contributed by atoms with Crippen LogP contribution in [0.2, 0.25) is 0 Å². The van der Waals surface area contributed by atoms with Crippen LogP contribution in [0, 0.1) is 0 Å². The van der Waals surface area contributed by atoms with Gasteiger partial charge < -0.3 is 18.8 Å². The van der Waals surface area contributed by atoms with Gasteiger partial charge in [0.05, 0.1) is 22.2 Å². The zero-order valence-corrected chi connectivity index (χ0v) is 17.6. The Morgan fingerprint density at radius 2 is 2.03 bits per heavy atom. The summed E-state index contributed by atoms with van der Waals surface area (Å²) in [6, 6.07) is 5.60. The summed E-state index contributed by atoms with van der Waals surface area (Å²) in [5.74, 6) is 0.639. The van der Waals surface area contributed by atoms with Crippen LogP contribution in [-0.4, -0.2) is 15.3 Å². The van der Waals surface area contributed by atoms with Gasteiger partial charge >= 0.3 is 5.63 Å². The smallest absolute Gasteiger partial charge is 0.336 e. The largest absolute Gasteiger partial charge is 0.506 e. The van der Waals surface area contributed by atoms with Crippen LogP contribution in [0.5, 0.6) is 11.5 Å². The Hall–Kier alpha value is -2.95. The SMILES string of the molecule is CCCc1cc(=O)oc2c(-c3cccn3C(C)C)c(O)c3c(c12)OC(C)(C)C=C3. The second-order valence-corrected chi connectivity index (χ2v) is 8.44. The van der Waals surface area contributed by atoms with E-state index >= 15 is 0 Å². The number of fused-ring (bicyclic) bond motifs is 3. The van der Waals surface area contributed by atoms with E-state index in [2.05, 4.69) is 25.3 Å². The summed E-state index contributed by atoms with van der Waals surface area (Å²) in [5, 5.41) is 12.1. The van der Waals surface area contributed by atoms with Crippen molar-refractivity contribution in [1.29, 1.82) is 0 Å². The lowest BCUT2D eigenvalue weighted by Gasteiger charge is -2.30. The summed E-state index contributed by atoms with van der Waals surface area (Å²) >= 11 is 0. The maximum absolute atomic E-state index is 12.4. The summed E-state index contributed by atoms with van der Waals surface area (Å²) in [7, 11) is 0. The lowest BCUT2D eigenvalue weighted by Crippen LogP contribution is -2.28. The predicted molar refractivity (Wildman–Crippen MR) is 116 cm³/mol. The fourth-order valence-corrected chi connectivity index (χ4v) is 4.05. The molecule has 3 aromatic rings. The van der Waals surface area contributed by atoms with Gasteiger partial charge in [-0.3, -0.25) is 0 Å². The van der Waals surface area contributed by atoms with Crippen molar-refractivity contribution in [3.8, 4) is 22.8 Å². The molecule has 1 aliphatic rings. The average Bonchev–Trinajstić information content (AvgIpc) is 3.10. The Balaban J connectivity index is 2.19. The number of aromatic nitrogens is 1. The molecule has 1 aliphatic heterocycles. The van der Waals surface area contributed by atoms with E-state index in [0.29, 0.717) is 22.5 Å². The quantitative estimate of drug-likeness (QED) is 0.579. The third kappa shape index (κ3) is 3.15. The number of hydrogen-bond acceptors (Lipinski definition) is 4. The van der Waals surface area contributed by atoms with Crippen LogP contribution in [0.1, 0.15) is 58.2 Å². The van der Waals surface area contributed by atoms with E-state index < -0.39 is 11.2 Å². The number of hydrogen-bond donors (Lipinski definition) is 1. The van der Waals surface area contributed by atoms with Crippen molar-refractivity contribution >= 4 is 17.0 Å². The van der Waals surface area contributed by atoms with E-state index in [-0.39, 0.29) is 11.8 Å². The zero-order chi connectivity index (χ0) is 20.9. The van der Waals surface area contributed by atoms with Gasteiger partial charge in [-0.15, -0.1) is 0 Å².